The molecule has 184 valence electrons. The van der Waals surface area contributed by atoms with Crippen molar-refractivity contribution in [3.8, 4) is 11.5 Å². The molecular formula is C26H32F2N2O4. The summed E-state index contributed by atoms with van der Waals surface area (Å²) in [4.78, 5) is 17.4. The Balaban J connectivity index is 1.44. The summed E-state index contributed by atoms with van der Waals surface area (Å²) in [6, 6.07) is 10.5. The van der Waals surface area contributed by atoms with E-state index >= 15 is 0 Å². The number of carbonyl (C=O) groups excluding carboxylic acids is 1. The molecular weight excluding hydrogens is 442 g/mol. The molecule has 0 atom stereocenters. The molecule has 0 aliphatic carbocycles. The molecule has 1 N–H and O–H groups in total. The number of halogens is 2. The molecule has 2 aliphatic heterocycles. The van der Waals surface area contributed by atoms with Gasteiger partial charge >= 0.3 is 6.11 Å². The van der Waals surface area contributed by atoms with Crippen LogP contribution in [0.1, 0.15) is 54.2 Å². The van der Waals surface area contributed by atoms with Crippen LogP contribution < -0.4 is 4.74 Å². The van der Waals surface area contributed by atoms with Crippen LogP contribution >= 0.6 is 0 Å². The quantitative estimate of drug-likeness (QED) is 0.636. The first-order valence-corrected chi connectivity index (χ1v) is 11.6. The van der Waals surface area contributed by atoms with E-state index in [-0.39, 0.29) is 22.9 Å². The minimum atomic E-state index is -3.37. The zero-order chi connectivity index (χ0) is 24.5. The smallest absolute Gasteiger partial charge is 0.395 e. The number of morpholine rings is 1. The molecule has 1 amide bonds. The van der Waals surface area contributed by atoms with Crippen molar-refractivity contribution < 1.29 is 28.2 Å². The number of rotatable bonds is 7. The number of phenols is 1. The molecule has 2 aliphatic rings. The molecule has 0 unspecified atom stereocenters. The van der Waals surface area contributed by atoms with Crippen LogP contribution in [-0.2, 0) is 24.2 Å². The van der Waals surface area contributed by atoms with Crippen molar-refractivity contribution in [3.63, 3.8) is 0 Å². The molecule has 34 heavy (non-hydrogen) atoms. The molecule has 4 rings (SSSR count). The van der Waals surface area contributed by atoms with E-state index in [0.717, 1.165) is 35.2 Å². The van der Waals surface area contributed by atoms with Gasteiger partial charge in [0, 0.05) is 44.2 Å². The van der Waals surface area contributed by atoms with E-state index < -0.39 is 6.11 Å². The number of hydrogen-bond acceptors (Lipinski definition) is 5. The summed E-state index contributed by atoms with van der Waals surface area (Å²) in [5.74, 6) is -0.469. The SMILES string of the molecule is CC(F)(F)Oc1cc(CCC(C)(C)N2Cc3cccc(C(=O)N4CCOCC4)c3C2)ccc1O. The Hall–Kier alpha value is -2.71. The van der Waals surface area contributed by atoms with Crippen LogP contribution in [0.5, 0.6) is 11.5 Å². The Morgan fingerprint density at radius 1 is 1.12 bits per heavy atom. The van der Waals surface area contributed by atoms with Gasteiger partial charge in [0.15, 0.2) is 11.5 Å². The molecule has 0 radical (unpaired) electrons. The molecule has 0 aromatic heterocycles. The number of aromatic hydroxyl groups is 1. The average molecular weight is 475 g/mol. The predicted molar refractivity (Wildman–Crippen MR) is 124 cm³/mol. The van der Waals surface area contributed by atoms with Crippen molar-refractivity contribution in [1.82, 2.24) is 9.80 Å². The summed E-state index contributed by atoms with van der Waals surface area (Å²) in [6.45, 7) is 8.74. The highest BCUT2D eigenvalue weighted by Gasteiger charge is 2.34. The Kier molecular flexibility index (Phi) is 6.82. The second-order valence-electron chi connectivity index (χ2n) is 9.73. The van der Waals surface area contributed by atoms with Crippen LogP contribution in [0.4, 0.5) is 8.78 Å². The van der Waals surface area contributed by atoms with Gasteiger partial charge in [-0.25, -0.2) is 0 Å². The maximum atomic E-state index is 13.3. The Labute approximate surface area is 199 Å². The van der Waals surface area contributed by atoms with Gasteiger partial charge in [-0.1, -0.05) is 18.2 Å². The Morgan fingerprint density at radius 2 is 1.85 bits per heavy atom. The van der Waals surface area contributed by atoms with E-state index in [1.165, 1.54) is 12.1 Å². The van der Waals surface area contributed by atoms with Gasteiger partial charge < -0.3 is 19.5 Å². The van der Waals surface area contributed by atoms with E-state index in [1.807, 2.05) is 17.0 Å². The summed E-state index contributed by atoms with van der Waals surface area (Å²) in [6.07, 6.45) is -1.97. The summed E-state index contributed by atoms with van der Waals surface area (Å²) in [5, 5.41) is 9.86. The van der Waals surface area contributed by atoms with E-state index in [4.69, 9.17) is 4.74 Å². The van der Waals surface area contributed by atoms with Gasteiger partial charge in [0.2, 0.25) is 0 Å². The molecule has 2 aromatic rings. The fourth-order valence-electron chi connectivity index (χ4n) is 4.58. The molecule has 6 nitrogen and oxygen atoms in total. The summed E-state index contributed by atoms with van der Waals surface area (Å²) >= 11 is 0. The second-order valence-corrected chi connectivity index (χ2v) is 9.73. The Morgan fingerprint density at radius 3 is 2.56 bits per heavy atom. The third kappa shape index (κ3) is 5.50. The average Bonchev–Trinajstić information content (AvgIpc) is 3.24. The maximum Gasteiger partial charge on any atom is 0.395 e. The van der Waals surface area contributed by atoms with Crippen LogP contribution in [0.3, 0.4) is 0 Å². The summed E-state index contributed by atoms with van der Waals surface area (Å²) in [5.41, 5.74) is 3.62. The number of ether oxygens (including phenoxy) is 2. The van der Waals surface area contributed by atoms with E-state index in [0.29, 0.717) is 46.2 Å². The minimum Gasteiger partial charge on any atom is -0.504 e. The van der Waals surface area contributed by atoms with Gasteiger partial charge in [0.25, 0.3) is 5.91 Å². The first-order chi connectivity index (χ1) is 16.0. The van der Waals surface area contributed by atoms with Crippen LogP contribution in [-0.4, -0.2) is 58.8 Å². The van der Waals surface area contributed by atoms with Crippen molar-refractivity contribution in [2.24, 2.45) is 0 Å². The summed E-state index contributed by atoms with van der Waals surface area (Å²) < 4.78 is 36.5. The normalized spacial score (nSPS) is 17.0. The lowest BCUT2D eigenvalue weighted by Gasteiger charge is -2.36. The molecule has 0 bridgehead atoms. The molecule has 1 fully saturated rings. The first kappa shape index (κ1) is 24.4. The van der Waals surface area contributed by atoms with Crippen molar-refractivity contribution in [1.29, 1.82) is 0 Å². The zero-order valence-corrected chi connectivity index (χ0v) is 19.9. The molecule has 2 aromatic carbocycles. The topological polar surface area (TPSA) is 62.2 Å². The van der Waals surface area contributed by atoms with Crippen molar-refractivity contribution in [2.45, 2.75) is 58.3 Å². The van der Waals surface area contributed by atoms with Crippen molar-refractivity contribution >= 4 is 5.91 Å². The van der Waals surface area contributed by atoms with Gasteiger partial charge in [-0.05, 0) is 61.6 Å². The number of amides is 1. The lowest BCUT2D eigenvalue weighted by Crippen LogP contribution is -2.42. The highest BCUT2D eigenvalue weighted by atomic mass is 19.3. The van der Waals surface area contributed by atoms with Crippen LogP contribution in [0, 0.1) is 0 Å². The lowest BCUT2D eigenvalue weighted by atomic mass is 9.93. The highest BCUT2D eigenvalue weighted by Crippen LogP contribution is 2.36. The highest BCUT2D eigenvalue weighted by molar-refractivity contribution is 5.96. The molecule has 2 heterocycles. The Bertz CT molecular complexity index is 1050. The fourth-order valence-corrected chi connectivity index (χ4v) is 4.58. The van der Waals surface area contributed by atoms with Gasteiger partial charge in [-0.3, -0.25) is 9.69 Å². The third-order valence-corrected chi connectivity index (χ3v) is 6.71. The third-order valence-electron chi connectivity index (χ3n) is 6.71. The van der Waals surface area contributed by atoms with Gasteiger partial charge in [0.05, 0.1) is 13.2 Å². The van der Waals surface area contributed by atoms with Crippen LogP contribution in [0.2, 0.25) is 0 Å². The number of alkyl halides is 2. The van der Waals surface area contributed by atoms with E-state index in [1.54, 1.807) is 6.07 Å². The number of carbonyl (C=O) groups is 1. The molecule has 0 saturated carbocycles. The van der Waals surface area contributed by atoms with Gasteiger partial charge in [-0.2, -0.15) is 8.78 Å². The number of benzene rings is 2. The number of nitrogens with zero attached hydrogens (tertiary/aromatic N) is 2. The van der Waals surface area contributed by atoms with E-state index in [9.17, 15) is 18.7 Å². The van der Waals surface area contributed by atoms with Gasteiger partial charge in [-0.15, -0.1) is 0 Å². The van der Waals surface area contributed by atoms with Crippen molar-refractivity contribution in [3.05, 3.63) is 58.7 Å². The molecule has 8 heteroatoms. The van der Waals surface area contributed by atoms with Crippen LogP contribution in [0.25, 0.3) is 0 Å². The lowest BCUT2D eigenvalue weighted by molar-refractivity contribution is -0.159. The standard InChI is InChI=1S/C26H32F2N2O4/c1-25(2,10-9-18-7-8-22(31)23(15-18)34-26(3,27)28)30-16-19-5-4-6-20(21(19)17-30)24(32)29-11-13-33-14-12-29/h4-8,15,31H,9-14,16-17H2,1-3H3. The second kappa shape index (κ2) is 9.50. The number of phenolic OH excluding ortho intramolecular Hbond substituents is 1. The largest absolute Gasteiger partial charge is 0.504 e. The number of aryl methyl sites for hydroxylation is 1. The fraction of sp³-hybridized carbons (Fsp3) is 0.500. The molecule has 0 spiro atoms. The minimum absolute atomic E-state index is 0.0594. The molecule has 1 saturated heterocycles. The van der Waals surface area contributed by atoms with E-state index in [2.05, 4.69) is 29.6 Å². The van der Waals surface area contributed by atoms with Crippen molar-refractivity contribution in [2.75, 3.05) is 26.3 Å². The first-order valence-electron chi connectivity index (χ1n) is 11.6. The number of hydrogen-bond donors (Lipinski definition) is 1. The predicted octanol–water partition coefficient (Wildman–Crippen LogP) is 4.58. The van der Waals surface area contributed by atoms with Crippen LogP contribution in [0.15, 0.2) is 36.4 Å². The summed E-state index contributed by atoms with van der Waals surface area (Å²) in [7, 11) is 0. The monoisotopic (exact) mass is 474 g/mol. The zero-order valence-electron chi connectivity index (χ0n) is 19.9. The number of fused-ring (bicyclic) bond motifs is 1. The maximum absolute atomic E-state index is 13.3. The van der Waals surface area contributed by atoms with Gasteiger partial charge in [0.1, 0.15) is 0 Å².